The molecule has 1 aliphatic heterocycles. The Kier molecular flexibility index (Phi) is 6.46. The van der Waals surface area contributed by atoms with Gasteiger partial charge < -0.3 is 10.1 Å². The van der Waals surface area contributed by atoms with Crippen LogP contribution in [0, 0.1) is 0 Å². The van der Waals surface area contributed by atoms with Crippen molar-refractivity contribution in [3.05, 3.63) is 48.2 Å². The first-order valence-electron chi connectivity index (χ1n) is 9.14. The van der Waals surface area contributed by atoms with Gasteiger partial charge in [-0.1, -0.05) is 18.6 Å². The highest BCUT2D eigenvalue weighted by atomic mass is 32.2. The maximum Gasteiger partial charge on any atom is 0.387 e. The summed E-state index contributed by atoms with van der Waals surface area (Å²) in [4.78, 5) is 4.36. The number of halogens is 2. The SMILES string of the molecule is CC(Nc1ncccc1S(=O)(=O)N1CCCCC1)c1ccc(OC(F)F)cc1. The van der Waals surface area contributed by atoms with E-state index in [9.17, 15) is 17.2 Å². The first-order chi connectivity index (χ1) is 13.4. The molecule has 1 aromatic carbocycles. The summed E-state index contributed by atoms with van der Waals surface area (Å²) in [7, 11) is -3.64. The normalized spacial score (nSPS) is 16.7. The third-order valence-corrected chi connectivity index (χ3v) is 6.59. The molecule has 9 heteroatoms. The van der Waals surface area contributed by atoms with E-state index in [0.717, 1.165) is 24.8 Å². The van der Waals surface area contributed by atoms with Gasteiger partial charge in [-0.25, -0.2) is 13.4 Å². The molecule has 0 bridgehead atoms. The fourth-order valence-electron chi connectivity index (χ4n) is 3.18. The molecule has 3 rings (SSSR count). The van der Waals surface area contributed by atoms with Crippen molar-refractivity contribution in [2.75, 3.05) is 18.4 Å². The molecule has 1 aromatic heterocycles. The number of ether oxygens (including phenoxy) is 1. The predicted octanol–water partition coefficient (Wildman–Crippen LogP) is 4.03. The Hall–Kier alpha value is -2.26. The van der Waals surface area contributed by atoms with Gasteiger partial charge in [0.1, 0.15) is 16.5 Å². The second kappa shape index (κ2) is 8.83. The van der Waals surface area contributed by atoms with Crippen LogP contribution in [0.3, 0.4) is 0 Å². The molecule has 28 heavy (non-hydrogen) atoms. The number of hydrogen-bond donors (Lipinski definition) is 1. The van der Waals surface area contributed by atoms with Gasteiger partial charge in [-0.3, -0.25) is 0 Å². The van der Waals surface area contributed by atoms with Crippen molar-refractivity contribution in [3.8, 4) is 5.75 Å². The van der Waals surface area contributed by atoms with Crippen LogP contribution in [-0.4, -0.2) is 37.4 Å². The number of anilines is 1. The summed E-state index contributed by atoms with van der Waals surface area (Å²) in [5.74, 6) is 0.339. The number of nitrogens with one attached hydrogen (secondary N) is 1. The van der Waals surface area contributed by atoms with Crippen LogP contribution in [0.15, 0.2) is 47.5 Å². The number of piperidine rings is 1. The zero-order chi connectivity index (χ0) is 20.1. The van der Waals surface area contributed by atoms with Gasteiger partial charge in [-0.2, -0.15) is 13.1 Å². The van der Waals surface area contributed by atoms with E-state index in [1.165, 1.54) is 22.6 Å². The van der Waals surface area contributed by atoms with E-state index in [1.807, 2.05) is 6.92 Å². The van der Waals surface area contributed by atoms with Crippen molar-refractivity contribution in [1.82, 2.24) is 9.29 Å². The lowest BCUT2D eigenvalue weighted by atomic mass is 10.1. The molecule has 1 saturated heterocycles. The second-order valence-electron chi connectivity index (χ2n) is 6.63. The van der Waals surface area contributed by atoms with Crippen LogP contribution < -0.4 is 10.1 Å². The zero-order valence-electron chi connectivity index (χ0n) is 15.5. The van der Waals surface area contributed by atoms with Crippen molar-refractivity contribution in [2.45, 2.75) is 43.7 Å². The monoisotopic (exact) mass is 411 g/mol. The van der Waals surface area contributed by atoms with E-state index in [4.69, 9.17) is 0 Å². The highest BCUT2D eigenvalue weighted by Gasteiger charge is 2.29. The molecular formula is C19H23F2N3O3S. The van der Waals surface area contributed by atoms with Crippen LogP contribution in [0.4, 0.5) is 14.6 Å². The van der Waals surface area contributed by atoms with Gasteiger partial charge in [0.05, 0.1) is 0 Å². The molecule has 0 aliphatic carbocycles. The Labute approximate surface area is 163 Å². The van der Waals surface area contributed by atoms with E-state index in [2.05, 4.69) is 15.0 Å². The van der Waals surface area contributed by atoms with E-state index in [0.29, 0.717) is 13.1 Å². The van der Waals surface area contributed by atoms with Crippen LogP contribution in [0.2, 0.25) is 0 Å². The van der Waals surface area contributed by atoms with Crippen LogP contribution in [0.25, 0.3) is 0 Å². The average Bonchev–Trinajstić information content (AvgIpc) is 2.69. The minimum Gasteiger partial charge on any atom is -0.435 e. The van der Waals surface area contributed by atoms with Gasteiger partial charge in [0.15, 0.2) is 0 Å². The smallest absolute Gasteiger partial charge is 0.387 e. The predicted molar refractivity (Wildman–Crippen MR) is 102 cm³/mol. The first kappa shape index (κ1) is 20.5. The minimum atomic E-state index is -3.64. The summed E-state index contributed by atoms with van der Waals surface area (Å²) in [6, 6.07) is 9.06. The molecular weight excluding hydrogens is 388 g/mol. The Bertz CT molecular complexity index is 886. The lowest BCUT2D eigenvalue weighted by Gasteiger charge is -2.27. The standard InChI is InChI=1S/C19H23F2N3O3S/c1-14(15-7-9-16(10-8-15)27-19(20)21)23-18-17(6-5-11-22-18)28(25,26)24-12-3-2-4-13-24/h5-11,14,19H,2-4,12-13H2,1H3,(H,22,23). The molecule has 1 N–H and O–H groups in total. The van der Waals surface area contributed by atoms with Gasteiger partial charge >= 0.3 is 6.61 Å². The molecule has 152 valence electrons. The molecule has 6 nitrogen and oxygen atoms in total. The number of rotatable bonds is 7. The number of aromatic nitrogens is 1. The van der Waals surface area contributed by atoms with Gasteiger partial charge in [0.2, 0.25) is 10.0 Å². The van der Waals surface area contributed by atoms with Gasteiger partial charge in [0.25, 0.3) is 0 Å². The molecule has 0 saturated carbocycles. The van der Waals surface area contributed by atoms with Crippen LogP contribution in [-0.2, 0) is 10.0 Å². The van der Waals surface area contributed by atoms with E-state index in [1.54, 1.807) is 24.3 Å². The topological polar surface area (TPSA) is 71.5 Å². The van der Waals surface area contributed by atoms with Crippen molar-refractivity contribution in [1.29, 1.82) is 0 Å². The number of sulfonamides is 1. The van der Waals surface area contributed by atoms with Crippen molar-refractivity contribution in [3.63, 3.8) is 0 Å². The highest BCUT2D eigenvalue weighted by Crippen LogP contribution is 2.28. The Morgan fingerprint density at radius 2 is 1.79 bits per heavy atom. The van der Waals surface area contributed by atoms with E-state index < -0.39 is 16.6 Å². The van der Waals surface area contributed by atoms with Crippen molar-refractivity contribution in [2.24, 2.45) is 0 Å². The summed E-state index contributed by atoms with van der Waals surface area (Å²) in [5, 5.41) is 3.13. The van der Waals surface area contributed by atoms with Gasteiger partial charge in [-0.05, 0) is 49.6 Å². The molecule has 2 heterocycles. The maximum atomic E-state index is 13.0. The number of alkyl halides is 2. The average molecular weight is 411 g/mol. The molecule has 1 unspecified atom stereocenters. The summed E-state index contributed by atoms with van der Waals surface area (Å²) in [6.45, 7) is -0.0117. The fourth-order valence-corrected chi connectivity index (χ4v) is 4.80. The van der Waals surface area contributed by atoms with E-state index >= 15 is 0 Å². The zero-order valence-corrected chi connectivity index (χ0v) is 16.3. The quantitative estimate of drug-likeness (QED) is 0.745. The molecule has 0 spiro atoms. The van der Waals surface area contributed by atoms with Crippen LogP contribution in [0.1, 0.15) is 37.8 Å². The third kappa shape index (κ3) is 4.77. The molecule has 0 amide bonds. The van der Waals surface area contributed by atoms with Gasteiger partial charge in [0, 0.05) is 25.3 Å². The molecule has 1 fully saturated rings. The van der Waals surface area contributed by atoms with E-state index in [-0.39, 0.29) is 22.5 Å². The fraction of sp³-hybridized carbons (Fsp3) is 0.421. The minimum absolute atomic E-state index is 0.0668. The summed E-state index contributed by atoms with van der Waals surface area (Å²) >= 11 is 0. The van der Waals surface area contributed by atoms with Crippen molar-refractivity contribution >= 4 is 15.8 Å². The van der Waals surface area contributed by atoms with Gasteiger partial charge in [-0.15, -0.1) is 0 Å². The summed E-state index contributed by atoms with van der Waals surface area (Å²) in [5.41, 5.74) is 0.786. The molecule has 1 aliphatic rings. The summed E-state index contributed by atoms with van der Waals surface area (Å²) in [6.07, 6.45) is 4.27. The number of benzene rings is 1. The number of nitrogens with zero attached hydrogens (tertiary/aromatic N) is 2. The lowest BCUT2D eigenvalue weighted by molar-refractivity contribution is -0.0498. The van der Waals surface area contributed by atoms with Crippen molar-refractivity contribution < 1.29 is 21.9 Å². The molecule has 1 atom stereocenters. The largest absolute Gasteiger partial charge is 0.435 e. The lowest BCUT2D eigenvalue weighted by Crippen LogP contribution is -2.36. The highest BCUT2D eigenvalue weighted by molar-refractivity contribution is 7.89. The Morgan fingerprint density at radius 3 is 2.43 bits per heavy atom. The molecule has 0 radical (unpaired) electrons. The maximum absolute atomic E-state index is 13.0. The number of hydrogen-bond acceptors (Lipinski definition) is 5. The van der Waals surface area contributed by atoms with Crippen LogP contribution in [0.5, 0.6) is 5.75 Å². The Balaban J connectivity index is 1.79. The Morgan fingerprint density at radius 1 is 1.11 bits per heavy atom. The molecule has 2 aromatic rings. The first-order valence-corrected chi connectivity index (χ1v) is 10.6. The van der Waals surface area contributed by atoms with Crippen LogP contribution >= 0.6 is 0 Å². The third-order valence-electron chi connectivity index (χ3n) is 4.66. The summed E-state index contributed by atoms with van der Waals surface area (Å²) < 4.78 is 56.5. The second-order valence-corrected chi connectivity index (χ2v) is 8.53. The number of pyridine rings is 1.